The van der Waals surface area contributed by atoms with Crippen molar-refractivity contribution in [3.63, 3.8) is 0 Å². The van der Waals surface area contributed by atoms with E-state index in [4.69, 9.17) is 22.5 Å². The number of nitrogens with zero attached hydrogens (tertiary/aromatic N) is 3. The molecule has 17 heavy (non-hydrogen) atoms. The molecule has 0 aliphatic rings. The molecule has 6 nitrogen and oxygen atoms in total. The molecule has 88 valence electrons. The summed E-state index contributed by atoms with van der Waals surface area (Å²) in [5, 5.41) is 8.86. The molecule has 0 bridgehead atoms. The van der Waals surface area contributed by atoms with Crippen molar-refractivity contribution in [1.29, 1.82) is 5.26 Å². The first-order valence-electron chi connectivity index (χ1n) is 4.58. The van der Waals surface area contributed by atoms with Gasteiger partial charge in [-0.1, -0.05) is 0 Å². The van der Waals surface area contributed by atoms with Crippen molar-refractivity contribution in [2.24, 2.45) is 27.2 Å². The van der Waals surface area contributed by atoms with E-state index in [0.717, 1.165) is 6.07 Å². The third-order valence-corrected chi connectivity index (χ3v) is 1.88. The molecule has 1 rings (SSSR count). The van der Waals surface area contributed by atoms with Crippen molar-refractivity contribution in [2.45, 2.75) is 6.92 Å². The van der Waals surface area contributed by atoms with Gasteiger partial charge in [0.25, 0.3) is 0 Å². The molecule has 0 heterocycles. The topological polar surface area (TPSA) is 127 Å². The Morgan fingerprint density at radius 2 is 2.00 bits per heavy atom. The fourth-order valence-corrected chi connectivity index (χ4v) is 1.13. The van der Waals surface area contributed by atoms with Crippen LogP contribution in [0.15, 0.2) is 22.1 Å². The first-order chi connectivity index (χ1) is 7.93. The third-order valence-electron chi connectivity index (χ3n) is 1.88. The molecule has 0 saturated heterocycles. The van der Waals surface area contributed by atoms with E-state index in [-0.39, 0.29) is 23.2 Å². The number of hydrogen-bond donors (Lipinski definition) is 3. The minimum Gasteiger partial charge on any atom is -0.370 e. The lowest BCUT2D eigenvalue weighted by Gasteiger charge is -2.02. The highest BCUT2D eigenvalue weighted by atomic mass is 19.1. The Bertz CT molecular complexity index is 536. The molecule has 0 fully saturated rings. The predicted octanol–water partition coefficient (Wildman–Crippen LogP) is 0.225. The second kappa shape index (κ2) is 4.94. The Kier molecular flexibility index (Phi) is 3.62. The van der Waals surface area contributed by atoms with Gasteiger partial charge in [-0.15, -0.1) is 0 Å². The van der Waals surface area contributed by atoms with Crippen LogP contribution in [0.3, 0.4) is 0 Å². The lowest BCUT2D eigenvalue weighted by Crippen LogP contribution is -2.26. The predicted molar refractivity (Wildman–Crippen MR) is 62.9 cm³/mol. The van der Waals surface area contributed by atoms with Crippen LogP contribution < -0.4 is 17.2 Å². The summed E-state index contributed by atoms with van der Waals surface area (Å²) in [6.07, 6.45) is 0. The first-order valence-corrected chi connectivity index (χ1v) is 4.58. The maximum Gasteiger partial charge on any atom is 0.223 e. The van der Waals surface area contributed by atoms with Gasteiger partial charge in [0.1, 0.15) is 11.9 Å². The van der Waals surface area contributed by atoms with Gasteiger partial charge >= 0.3 is 0 Å². The minimum absolute atomic E-state index is 0.0816. The average Bonchev–Trinajstić information content (AvgIpc) is 2.21. The van der Waals surface area contributed by atoms with E-state index < -0.39 is 5.82 Å². The zero-order chi connectivity index (χ0) is 13.0. The summed E-state index contributed by atoms with van der Waals surface area (Å²) >= 11 is 0. The molecule has 6 N–H and O–H groups in total. The number of aliphatic imine (C=N–C) groups is 2. The summed E-state index contributed by atoms with van der Waals surface area (Å²) < 4.78 is 13.3. The van der Waals surface area contributed by atoms with Crippen molar-refractivity contribution in [3.05, 3.63) is 29.1 Å². The fourth-order valence-electron chi connectivity index (χ4n) is 1.13. The van der Waals surface area contributed by atoms with Crippen LogP contribution in [0.5, 0.6) is 0 Å². The van der Waals surface area contributed by atoms with E-state index in [1.165, 1.54) is 6.07 Å². The standard InChI is InChI=1S/C10H11FN6/c1-5-2-6(4-12)8(3-7(5)11)16-10(15)17-9(13)14/h2-3H,1H3,(H6,13,14,15,16,17). The molecule has 0 amide bonds. The molecule has 0 radical (unpaired) electrons. The molecule has 1 aromatic rings. The van der Waals surface area contributed by atoms with Gasteiger partial charge in [0.2, 0.25) is 5.96 Å². The molecule has 0 atom stereocenters. The Hall–Kier alpha value is -2.62. The van der Waals surface area contributed by atoms with E-state index in [1.54, 1.807) is 6.92 Å². The summed E-state index contributed by atoms with van der Waals surface area (Å²) in [4.78, 5) is 7.22. The maximum absolute atomic E-state index is 13.3. The highest BCUT2D eigenvalue weighted by Crippen LogP contribution is 2.22. The van der Waals surface area contributed by atoms with Crippen molar-refractivity contribution in [3.8, 4) is 6.07 Å². The van der Waals surface area contributed by atoms with Crippen LogP contribution in [0.4, 0.5) is 10.1 Å². The summed E-state index contributed by atoms with van der Waals surface area (Å²) in [5.41, 5.74) is 16.2. The number of rotatable bonds is 1. The van der Waals surface area contributed by atoms with Gasteiger partial charge in [-0.05, 0) is 18.6 Å². The van der Waals surface area contributed by atoms with Crippen molar-refractivity contribution >= 4 is 17.6 Å². The van der Waals surface area contributed by atoms with Crippen LogP contribution in [0.1, 0.15) is 11.1 Å². The third kappa shape index (κ3) is 3.17. The van der Waals surface area contributed by atoms with Gasteiger partial charge < -0.3 is 17.2 Å². The van der Waals surface area contributed by atoms with E-state index in [0.29, 0.717) is 5.56 Å². The number of hydrogen-bond acceptors (Lipinski definition) is 2. The highest BCUT2D eigenvalue weighted by Gasteiger charge is 2.06. The van der Waals surface area contributed by atoms with E-state index in [9.17, 15) is 4.39 Å². The second-order valence-electron chi connectivity index (χ2n) is 3.24. The molecular weight excluding hydrogens is 223 g/mol. The smallest absolute Gasteiger partial charge is 0.223 e. The fraction of sp³-hybridized carbons (Fsp3) is 0.100. The zero-order valence-corrected chi connectivity index (χ0v) is 9.11. The number of aryl methyl sites for hydroxylation is 1. The Balaban J connectivity index is 3.28. The number of benzene rings is 1. The molecule has 0 saturated carbocycles. The number of nitriles is 1. The molecule has 0 spiro atoms. The molecule has 0 aliphatic carbocycles. The Labute approximate surface area is 97.3 Å². The Morgan fingerprint density at radius 1 is 1.35 bits per heavy atom. The first kappa shape index (κ1) is 12.4. The van der Waals surface area contributed by atoms with Crippen molar-refractivity contribution < 1.29 is 4.39 Å². The van der Waals surface area contributed by atoms with Crippen LogP contribution in [0, 0.1) is 24.1 Å². The lowest BCUT2D eigenvalue weighted by atomic mass is 10.1. The lowest BCUT2D eigenvalue weighted by molar-refractivity contribution is 0.618. The monoisotopic (exact) mass is 234 g/mol. The minimum atomic E-state index is -0.486. The average molecular weight is 234 g/mol. The number of guanidine groups is 2. The highest BCUT2D eigenvalue weighted by molar-refractivity contribution is 5.93. The van der Waals surface area contributed by atoms with Gasteiger partial charge in [-0.3, -0.25) is 0 Å². The summed E-state index contributed by atoms with van der Waals surface area (Å²) in [5.74, 6) is -0.998. The van der Waals surface area contributed by atoms with Crippen molar-refractivity contribution in [2.75, 3.05) is 0 Å². The quantitative estimate of drug-likeness (QED) is 0.474. The van der Waals surface area contributed by atoms with Crippen LogP contribution in [0.2, 0.25) is 0 Å². The van der Waals surface area contributed by atoms with E-state index in [1.807, 2.05) is 6.07 Å². The molecule has 0 aliphatic heterocycles. The summed E-state index contributed by atoms with van der Waals surface area (Å²) in [7, 11) is 0. The molecule has 0 unspecified atom stereocenters. The molecule has 0 aromatic heterocycles. The molecular formula is C10H11FN6. The maximum atomic E-state index is 13.3. The van der Waals surface area contributed by atoms with E-state index in [2.05, 4.69) is 9.98 Å². The van der Waals surface area contributed by atoms with Crippen LogP contribution in [0.25, 0.3) is 0 Å². The number of nitrogens with two attached hydrogens (primary N) is 3. The Morgan fingerprint density at radius 3 is 2.53 bits per heavy atom. The second-order valence-corrected chi connectivity index (χ2v) is 3.24. The van der Waals surface area contributed by atoms with Gasteiger partial charge in [0, 0.05) is 6.07 Å². The largest absolute Gasteiger partial charge is 0.370 e. The van der Waals surface area contributed by atoms with Gasteiger partial charge in [0.15, 0.2) is 5.96 Å². The normalized spacial score (nSPS) is 10.8. The zero-order valence-electron chi connectivity index (χ0n) is 9.11. The molecule has 1 aromatic carbocycles. The van der Waals surface area contributed by atoms with Crippen LogP contribution >= 0.6 is 0 Å². The number of halogens is 1. The van der Waals surface area contributed by atoms with Gasteiger partial charge in [0.05, 0.1) is 11.3 Å². The van der Waals surface area contributed by atoms with Gasteiger partial charge in [-0.2, -0.15) is 10.3 Å². The van der Waals surface area contributed by atoms with E-state index >= 15 is 0 Å². The summed E-state index contributed by atoms with van der Waals surface area (Å²) in [6.45, 7) is 1.54. The SMILES string of the molecule is Cc1cc(C#N)c(N=C(N)N=C(N)N)cc1F. The van der Waals surface area contributed by atoms with Gasteiger partial charge in [-0.25, -0.2) is 9.38 Å². The summed E-state index contributed by atoms with van der Waals surface area (Å²) in [6, 6.07) is 4.35. The van der Waals surface area contributed by atoms with Crippen molar-refractivity contribution in [1.82, 2.24) is 0 Å². The molecule has 7 heteroatoms. The van der Waals surface area contributed by atoms with Crippen LogP contribution in [-0.2, 0) is 0 Å². The van der Waals surface area contributed by atoms with Crippen LogP contribution in [-0.4, -0.2) is 11.9 Å².